The van der Waals surface area contributed by atoms with Crippen LogP contribution in [0.1, 0.15) is 13.3 Å². The molecule has 0 spiro atoms. The zero-order chi connectivity index (χ0) is 8.69. The summed E-state index contributed by atoms with van der Waals surface area (Å²) in [7, 11) is 0. The molecule has 4 nitrogen and oxygen atoms in total. The number of halogens is 1. The maximum absolute atomic E-state index is 5.31. The molecule has 0 aliphatic rings. The molecule has 0 bridgehead atoms. The summed E-state index contributed by atoms with van der Waals surface area (Å²) in [6, 6.07) is 0. The van der Waals surface area contributed by atoms with Gasteiger partial charge in [-0.25, -0.2) is 0 Å². The van der Waals surface area contributed by atoms with Gasteiger partial charge in [-0.15, -0.1) is 5.10 Å². The van der Waals surface area contributed by atoms with Gasteiger partial charge in [0.2, 0.25) is 0 Å². The first-order chi connectivity index (χ1) is 5.16. The van der Waals surface area contributed by atoms with Crippen LogP contribution >= 0.6 is 11.6 Å². The van der Waals surface area contributed by atoms with Crippen molar-refractivity contribution in [3.05, 3.63) is 11.2 Å². The monoisotopic (exact) mass is 174 g/mol. The summed E-state index contributed by atoms with van der Waals surface area (Å²) in [5.74, 6) is 0.196. The molecule has 0 amide bonds. The van der Waals surface area contributed by atoms with Crippen LogP contribution in [-0.2, 0) is 0 Å². The predicted octanol–water partition coefficient (Wildman–Crippen LogP) is 0.778. The standard InChI is InChI=1S/C6H11ClN4/c1-2-3-10-11-6(9)4-5(7)8/h3-4H,2,8H2,1H3,(H2,9,11)/b5-4?,10-3-. The summed E-state index contributed by atoms with van der Waals surface area (Å²) in [4.78, 5) is 0. The normalized spacial score (nSPS) is 14.4. The Morgan fingerprint density at radius 2 is 2.18 bits per heavy atom. The van der Waals surface area contributed by atoms with E-state index < -0.39 is 0 Å². The molecule has 0 saturated heterocycles. The fraction of sp³-hybridized carbons (Fsp3) is 0.333. The van der Waals surface area contributed by atoms with Crippen LogP contribution in [-0.4, -0.2) is 12.1 Å². The van der Waals surface area contributed by atoms with Crippen LogP contribution < -0.4 is 11.5 Å². The Bertz CT molecular complexity index is 191. The molecule has 0 unspecified atom stereocenters. The topological polar surface area (TPSA) is 76.8 Å². The van der Waals surface area contributed by atoms with E-state index in [1.54, 1.807) is 6.21 Å². The Kier molecular flexibility index (Phi) is 5.20. The van der Waals surface area contributed by atoms with Crippen LogP contribution in [0.3, 0.4) is 0 Å². The molecule has 0 radical (unpaired) electrons. The summed E-state index contributed by atoms with van der Waals surface area (Å²) in [6.07, 6.45) is 3.77. The van der Waals surface area contributed by atoms with Crippen molar-refractivity contribution < 1.29 is 0 Å². The number of amidine groups is 1. The van der Waals surface area contributed by atoms with Crippen molar-refractivity contribution >= 4 is 23.7 Å². The molecule has 0 saturated carbocycles. The molecular formula is C6H11ClN4. The SMILES string of the molecule is CC/C=N\N=C(N)C=C(N)Cl. The van der Waals surface area contributed by atoms with Crippen molar-refractivity contribution in [2.75, 3.05) is 0 Å². The Labute approximate surface area is 70.6 Å². The van der Waals surface area contributed by atoms with E-state index in [0.29, 0.717) is 0 Å². The average Bonchev–Trinajstić information content (AvgIpc) is 1.86. The van der Waals surface area contributed by atoms with Crippen molar-refractivity contribution in [1.29, 1.82) is 0 Å². The molecule has 0 heterocycles. The largest absolute Gasteiger partial charge is 0.389 e. The number of hydrogen-bond acceptors (Lipinski definition) is 3. The van der Waals surface area contributed by atoms with Gasteiger partial charge >= 0.3 is 0 Å². The molecule has 62 valence electrons. The van der Waals surface area contributed by atoms with Gasteiger partial charge in [0.15, 0.2) is 0 Å². The zero-order valence-corrected chi connectivity index (χ0v) is 7.04. The molecule has 5 heteroatoms. The summed E-state index contributed by atoms with van der Waals surface area (Å²) in [5.41, 5.74) is 10.4. The number of nitrogens with zero attached hydrogens (tertiary/aromatic N) is 2. The van der Waals surface area contributed by atoms with Gasteiger partial charge in [-0.1, -0.05) is 18.5 Å². The molecule has 0 aromatic heterocycles. The summed E-state index contributed by atoms with van der Waals surface area (Å²) >= 11 is 5.31. The Morgan fingerprint density at radius 3 is 2.64 bits per heavy atom. The molecule has 0 atom stereocenters. The molecular weight excluding hydrogens is 164 g/mol. The Hall–Kier alpha value is -1.03. The van der Waals surface area contributed by atoms with Crippen LogP contribution in [0.4, 0.5) is 0 Å². The zero-order valence-electron chi connectivity index (χ0n) is 6.29. The molecule has 0 aliphatic carbocycles. The van der Waals surface area contributed by atoms with Gasteiger partial charge in [0.05, 0.1) is 0 Å². The third kappa shape index (κ3) is 6.86. The lowest BCUT2D eigenvalue weighted by Crippen LogP contribution is -2.09. The van der Waals surface area contributed by atoms with Crippen molar-refractivity contribution in [2.24, 2.45) is 21.7 Å². The second-order valence-electron chi connectivity index (χ2n) is 1.76. The van der Waals surface area contributed by atoms with E-state index in [1.165, 1.54) is 6.08 Å². The van der Waals surface area contributed by atoms with E-state index in [-0.39, 0.29) is 11.0 Å². The molecule has 0 aromatic rings. The van der Waals surface area contributed by atoms with E-state index >= 15 is 0 Å². The minimum absolute atomic E-state index is 0.0953. The first-order valence-corrected chi connectivity index (χ1v) is 3.52. The maximum Gasteiger partial charge on any atom is 0.148 e. The molecule has 0 rings (SSSR count). The van der Waals surface area contributed by atoms with Crippen LogP contribution in [0.15, 0.2) is 21.4 Å². The van der Waals surface area contributed by atoms with E-state index in [9.17, 15) is 0 Å². The van der Waals surface area contributed by atoms with Gasteiger partial charge in [-0.3, -0.25) is 0 Å². The van der Waals surface area contributed by atoms with Crippen LogP contribution in [0, 0.1) is 0 Å². The summed E-state index contributed by atoms with van der Waals surface area (Å²) in [5, 5.41) is 7.29. The fourth-order valence-corrected chi connectivity index (χ4v) is 0.471. The van der Waals surface area contributed by atoms with Gasteiger partial charge < -0.3 is 11.5 Å². The highest BCUT2D eigenvalue weighted by molar-refractivity contribution is 6.30. The quantitative estimate of drug-likeness (QED) is 0.287. The van der Waals surface area contributed by atoms with Crippen LogP contribution in [0.25, 0.3) is 0 Å². The van der Waals surface area contributed by atoms with Gasteiger partial charge in [0.25, 0.3) is 0 Å². The Balaban J connectivity index is 4.01. The molecule has 0 aromatic carbocycles. The Morgan fingerprint density at radius 1 is 1.55 bits per heavy atom. The van der Waals surface area contributed by atoms with Crippen molar-refractivity contribution in [1.82, 2.24) is 0 Å². The van der Waals surface area contributed by atoms with E-state index in [1.807, 2.05) is 6.92 Å². The van der Waals surface area contributed by atoms with Gasteiger partial charge in [0.1, 0.15) is 11.0 Å². The fourth-order valence-electron chi connectivity index (χ4n) is 0.359. The first kappa shape index (κ1) is 9.97. The number of hydrogen-bond donors (Lipinski definition) is 2. The number of rotatable bonds is 3. The van der Waals surface area contributed by atoms with Gasteiger partial charge in [-0.05, 0) is 6.42 Å². The highest BCUT2D eigenvalue weighted by atomic mass is 35.5. The maximum atomic E-state index is 5.31. The lowest BCUT2D eigenvalue weighted by Gasteiger charge is -1.87. The minimum atomic E-state index is 0.0953. The van der Waals surface area contributed by atoms with Crippen LogP contribution in [0.5, 0.6) is 0 Å². The highest BCUT2D eigenvalue weighted by Crippen LogP contribution is 1.88. The number of nitrogens with two attached hydrogens (primary N) is 2. The third-order valence-electron chi connectivity index (χ3n) is 0.723. The van der Waals surface area contributed by atoms with E-state index in [4.69, 9.17) is 23.1 Å². The molecule has 4 N–H and O–H groups in total. The smallest absolute Gasteiger partial charge is 0.148 e. The van der Waals surface area contributed by atoms with Crippen molar-refractivity contribution in [3.63, 3.8) is 0 Å². The molecule has 0 fully saturated rings. The van der Waals surface area contributed by atoms with E-state index in [0.717, 1.165) is 6.42 Å². The lowest BCUT2D eigenvalue weighted by atomic mass is 10.5. The predicted molar refractivity (Wildman–Crippen MR) is 48.5 cm³/mol. The van der Waals surface area contributed by atoms with Crippen molar-refractivity contribution in [3.8, 4) is 0 Å². The van der Waals surface area contributed by atoms with Gasteiger partial charge in [-0.2, -0.15) is 5.10 Å². The third-order valence-corrected chi connectivity index (χ3v) is 0.832. The van der Waals surface area contributed by atoms with Gasteiger partial charge in [0, 0.05) is 12.3 Å². The first-order valence-electron chi connectivity index (χ1n) is 3.14. The molecule has 0 aliphatic heterocycles. The van der Waals surface area contributed by atoms with Crippen LogP contribution in [0.2, 0.25) is 0 Å². The highest BCUT2D eigenvalue weighted by Gasteiger charge is 1.84. The summed E-state index contributed by atoms with van der Waals surface area (Å²) < 4.78 is 0. The lowest BCUT2D eigenvalue weighted by molar-refractivity contribution is 1.20. The minimum Gasteiger partial charge on any atom is -0.389 e. The average molecular weight is 175 g/mol. The summed E-state index contributed by atoms with van der Waals surface area (Å²) in [6.45, 7) is 1.95. The second kappa shape index (κ2) is 5.73. The van der Waals surface area contributed by atoms with E-state index in [2.05, 4.69) is 10.2 Å². The van der Waals surface area contributed by atoms with Crippen molar-refractivity contribution in [2.45, 2.75) is 13.3 Å². The second-order valence-corrected chi connectivity index (χ2v) is 2.20. The molecule has 11 heavy (non-hydrogen) atoms.